The largest absolute Gasteiger partial charge is 0.207 e. The predicted octanol–water partition coefficient (Wildman–Crippen LogP) is 3.24. The second-order valence-corrected chi connectivity index (χ2v) is 2.25. The molecule has 0 bridgehead atoms. The smallest absolute Gasteiger partial charge is 0.126 e. The first-order chi connectivity index (χ1) is 5.20. The molecule has 0 radical (unpaired) electrons. The van der Waals surface area contributed by atoms with E-state index in [0.29, 0.717) is 0 Å². The van der Waals surface area contributed by atoms with E-state index >= 15 is 0 Å². The molecule has 0 spiro atoms. The lowest BCUT2D eigenvalue weighted by molar-refractivity contribution is 0.618. The van der Waals surface area contributed by atoms with Gasteiger partial charge in [0, 0.05) is 0 Å². The van der Waals surface area contributed by atoms with Crippen molar-refractivity contribution < 1.29 is 4.39 Å². The molecule has 0 heterocycles. The standard InChI is InChI=1S/C8H9F.C2H4/c1-6-3-4-8(9)7(2)5-6;1-2/h3-5H,1-2H3;1-2H2. The summed E-state index contributed by atoms with van der Waals surface area (Å²) >= 11 is 0. The summed E-state index contributed by atoms with van der Waals surface area (Å²) in [6.07, 6.45) is 0. The summed E-state index contributed by atoms with van der Waals surface area (Å²) in [5.74, 6) is -0.124. The van der Waals surface area contributed by atoms with Gasteiger partial charge >= 0.3 is 0 Å². The molecule has 11 heavy (non-hydrogen) atoms. The molecule has 0 saturated heterocycles. The lowest BCUT2D eigenvalue weighted by atomic mass is 10.1. The minimum Gasteiger partial charge on any atom is -0.207 e. The van der Waals surface area contributed by atoms with Gasteiger partial charge in [0.1, 0.15) is 5.82 Å². The zero-order valence-corrected chi connectivity index (χ0v) is 7.02. The van der Waals surface area contributed by atoms with E-state index in [1.54, 1.807) is 13.0 Å². The summed E-state index contributed by atoms with van der Waals surface area (Å²) in [7, 11) is 0. The molecule has 0 unspecified atom stereocenters. The molecule has 1 aromatic rings. The topological polar surface area (TPSA) is 0 Å². The minimum atomic E-state index is -0.124. The first-order valence-corrected chi connectivity index (χ1v) is 3.43. The second-order valence-electron chi connectivity index (χ2n) is 2.25. The number of aryl methyl sites for hydroxylation is 2. The highest BCUT2D eigenvalue weighted by atomic mass is 19.1. The Morgan fingerprint density at radius 1 is 1.18 bits per heavy atom. The van der Waals surface area contributed by atoms with Gasteiger partial charge in [0.15, 0.2) is 0 Å². The molecule has 0 aliphatic carbocycles. The van der Waals surface area contributed by atoms with Crippen LogP contribution in [0.5, 0.6) is 0 Å². The summed E-state index contributed by atoms with van der Waals surface area (Å²) < 4.78 is 12.5. The third-order valence-corrected chi connectivity index (χ3v) is 1.31. The maximum absolute atomic E-state index is 12.5. The lowest BCUT2D eigenvalue weighted by Crippen LogP contribution is -1.81. The van der Waals surface area contributed by atoms with E-state index in [1.807, 2.05) is 13.0 Å². The maximum Gasteiger partial charge on any atom is 0.126 e. The fourth-order valence-electron chi connectivity index (χ4n) is 0.795. The van der Waals surface area contributed by atoms with Crippen molar-refractivity contribution in [3.63, 3.8) is 0 Å². The average molecular weight is 152 g/mol. The zero-order valence-electron chi connectivity index (χ0n) is 7.02. The molecule has 0 aromatic heterocycles. The number of hydrogen-bond donors (Lipinski definition) is 0. The number of rotatable bonds is 0. The van der Waals surface area contributed by atoms with Crippen molar-refractivity contribution in [2.24, 2.45) is 0 Å². The highest BCUT2D eigenvalue weighted by Crippen LogP contribution is 2.06. The molecule has 0 amide bonds. The Labute approximate surface area is 67.4 Å². The molecule has 1 rings (SSSR count). The van der Waals surface area contributed by atoms with E-state index in [2.05, 4.69) is 13.2 Å². The Balaban J connectivity index is 0.000000461. The molecular formula is C10H13F. The average Bonchev–Trinajstić information content (AvgIpc) is 2.02. The third kappa shape index (κ3) is 2.99. The van der Waals surface area contributed by atoms with Gasteiger partial charge in [-0.15, -0.1) is 13.2 Å². The predicted molar refractivity (Wildman–Crippen MR) is 47.1 cm³/mol. The second kappa shape index (κ2) is 4.67. The van der Waals surface area contributed by atoms with Crippen LogP contribution in [0.25, 0.3) is 0 Å². The molecule has 0 nitrogen and oxygen atoms in total. The molecule has 0 fully saturated rings. The highest BCUT2D eigenvalue weighted by molar-refractivity contribution is 5.22. The van der Waals surface area contributed by atoms with Gasteiger partial charge in [0.05, 0.1) is 0 Å². The SMILES string of the molecule is C=C.Cc1ccc(F)c(C)c1. The van der Waals surface area contributed by atoms with Crippen LogP contribution < -0.4 is 0 Å². The fourth-order valence-corrected chi connectivity index (χ4v) is 0.795. The highest BCUT2D eigenvalue weighted by Gasteiger charge is 1.93. The summed E-state index contributed by atoms with van der Waals surface area (Å²) in [6, 6.07) is 5.09. The third-order valence-electron chi connectivity index (χ3n) is 1.31. The van der Waals surface area contributed by atoms with Gasteiger partial charge in [-0.05, 0) is 25.5 Å². The molecule has 1 heteroatoms. The van der Waals surface area contributed by atoms with Gasteiger partial charge in [0.25, 0.3) is 0 Å². The van der Waals surface area contributed by atoms with Crippen LogP contribution in [0.4, 0.5) is 4.39 Å². The molecular weight excluding hydrogens is 139 g/mol. The Morgan fingerprint density at radius 2 is 1.73 bits per heavy atom. The maximum atomic E-state index is 12.5. The van der Waals surface area contributed by atoms with Crippen LogP contribution in [-0.4, -0.2) is 0 Å². The van der Waals surface area contributed by atoms with E-state index in [1.165, 1.54) is 6.07 Å². The molecule has 0 saturated carbocycles. The molecule has 0 atom stereocenters. The number of benzene rings is 1. The van der Waals surface area contributed by atoms with Crippen molar-refractivity contribution in [1.29, 1.82) is 0 Å². The van der Waals surface area contributed by atoms with E-state index in [9.17, 15) is 4.39 Å². The van der Waals surface area contributed by atoms with Gasteiger partial charge in [-0.1, -0.05) is 17.7 Å². The van der Waals surface area contributed by atoms with E-state index in [0.717, 1.165) is 11.1 Å². The number of hydrogen-bond acceptors (Lipinski definition) is 0. The quantitative estimate of drug-likeness (QED) is 0.500. The van der Waals surface area contributed by atoms with Crippen molar-refractivity contribution in [2.45, 2.75) is 13.8 Å². The van der Waals surface area contributed by atoms with Crippen LogP contribution in [-0.2, 0) is 0 Å². The van der Waals surface area contributed by atoms with Crippen LogP contribution in [0.3, 0.4) is 0 Å². The Morgan fingerprint density at radius 3 is 2.09 bits per heavy atom. The monoisotopic (exact) mass is 152 g/mol. The van der Waals surface area contributed by atoms with Crippen molar-refractivity contribution in [3.8, 4) is 0 Å². The Hall–Kier alpha value is -1.11. The molecule has 60 valence electrons. The van der Waals surface area contributed by atoms with Crippen LogP contribution in [0, 0.1) is 19.7 Å². The molecule has 1 aromatic carbocycles. The zero-order chi connectivity index (χ0) is 8.85. The summed E-state index contributed by atoms with van der Waals surface area (Å²) in [4.78, 5) is 0. The van der Waals surface area contributed by atoms with E-state index < -0.39 is 0 Å². The van der Waals surface area contributed by atoms with Crippen LogP contribution in [0.2, 0.25) is 0 Å². The molecule has 0 aliphatic rings. The normalized spacial score (nSPS) is 8.27. The van der Waals surface area contributed by atoms with Crippen molar-refractivity contribution >= 4 is 0 Å². The molecule has 0 aliphatic heterocycles. The Kier molecular flexibility index (Phi) is 4.20. The van der Waals surface area contributed by atoms with Crippen LogP contribution in [0.15, 0.2) is 31.4 Å². The van der Waals surface area contributed by atoms with Crippen molar-refractivity contribution in [3.05, 3.63) is 48.3 Å². The lowest BCUT2D eigenvalue weighted by Gasteiger charge is -1.95. The first-order valence-electron chi connectivity index (χ1n) is 3.43. The van der Waals surface area contributed by atoms with Gasteiger partial charge in [0.2, 0.25) is 0 Å². The van der Waals surface area contributed by atoms with Gasteiger partial charge in [-0.25, -0.2) is 4.39 Å². The van der Waals surface area contributed by atoms with Crippen LogP contribution in [0.1, 0.15) is 11.1 Å². The van der Waals surface area contributed by atoms with Crippen molar-refractivity contribution in [2.75, 3.05) is 0 Å². The van der Waals surface area contributed by atoms with Gasteiger partial charge in [-0.2, -0.15) is 0 Å². The van der Waals surface area contributed by atoms with E-state index in [-0.39, 0.29) is 5.82 Å². The Bertz CT molecular complexity index is 228. The summed E-state index contributed by atoms with van der Waals surface area (Å²) in [6.45, 7) is 9.72. The first kappa shape index (κ1) is 9.89. The fraction of sp³-hybridized carbons (Fsp3) is 0.200. The summed E-state index contributed by atoms with van der Waals surface area (Å²) in [5, 5.41) is 0. The van der Waals surface area contributed by atoms with E-state index in [4.69, 9.17) is 0 Å². The van der Waals surface area contributed by atoms with Crippen LogP contribution >= 0.6 is 0 Å². The minimum absolute atomic E-state index is 0.124. The molecule has 0 N–H and O–H groups in total. The summed E-state index contributed by atoms with van der Waals surface area (Å²) in [5.41, 5.74) is 1.82. The van der Waals surface area contributed by atoms with Gasteiger partial charge in [-0.3, -0.25) is 0 Å². The number of halogens is 1. The van der Waals surface area contributed by atoms with Gasteiger partial charge < -0.3 is 0 Å². The van der Waals surface area contributed by atoms with Crippen molar-refractivity contribution in [1.82, 2.24) is 0 Å².